The van der Waals surface area contributed by atoms with E-state index in [9.17, 15) is 9.59 Å². The maximum absolute atomic E-state index is 12.4. The van der Waals surface area contributed by atoms with Gasteiger partial charge >= 0.3 is 5.97 Å². The van der Waals surface area contributed by atoms with Crippen molar-refractivity contribution in [3.63, 3.8) is 0 Å². The molecule has 1 amide bonds. The lowest BCUT2D eigenvalue weighted by Crippen LogP contribution is -2.17. The minimum atomic E-state index is -0.405. The van der Waals surface area contributed by atoms with Gasteiger partial charge in [-0.15, -0.1) is 21.5 Å². The molecule has 0 aliphatic carbocycles. The van der Waals surface area contributed by atoms with Gasteiger partial charge in [0.05, 0.1) is 17.9 Å². The number of anilines is 1. The van der Waals surface area contributed by atoms with Crippen molar-refractivity contribution >= 4 is 40.0 Å². The number of nitrogens with one attached hydrogen (secondary N) is 1. The van der Waals surface area contributed by atoms with Gasteiger partial charge < -0.3 is 14.6 Å². The van der Waals surface area contributed by atoms with Crippen LogP contribution in [0.1, 0.15) is 53.8 Å². The van der Waals surface area contributed by atoms with Gasteiger partial charge in [-0.3, -0.25) is 4.79 Å². The molecule has 0 aliphatic heterocycles. The highest BCUT2D eigenvalue weighted by Gasteiger charge is 2.22. The van der Waals surface area contributed by atoms with Gasteiger partial charge in [-0.05, 0) is 32.8 Å². The van der Waals surface area contributed by atoms with Crippen molar-refractivity contribution in [1.82, 2.24) is 14.8 Å². The molecule has 0 unspecified atom stereocenters. The molecular weight excluding hydrogens is 384 g/mol. The number of aromatic nitrogens is 3. The van der Waals surface area contributed by atoms with Gasteiger partial charge in [-0.25, -0.2) is 4.79 Å². The van der Waals surface area contributed by atoms with Crippen LogP contribution < -0.4 is 5.32 Å². The molecule has 2 rings (SSSR count). The quantitative estimate of drug-likeness (QED) is 0.499. The molecule has 2 aromatic heterocycles. The van der Waals surface area contributed by atoms with Gasteiger partial charge in [-0.1, -0.05) is 25.6 Å². The Bertz CT molecular complexity index is 814. The summed E-state index contributed by atoms with van der Waals surface area (Å²) in [5, 5.41) is 12.5. The van der Waals surface area contributed by atoms with E-state index in [0.717, 1.165) is 40.8 Å². The zero-order valence-corrected chi connectivity index (χ0v) is 18.1. The summed E-state index contributed by atoms with van der Waals surface area (Å²) in [5.74, 6) is 0.534. The van der Waals surface area contributed by atoms with E-state index in [1.54, 1.807) is 6.92 Å². The van der Waals surface area contributed by atoms with Crippen molar-refractivity contribution in [1.29, 1.82) is 0 Å². The van der Waals surface area contributed by atoms with Gasteiger partial charge in [-0.2, -0.15) is 0 Å². The molecule has 0 aromatic carbocycles. The van der Waals surface area contributed by atoms with Crippen LogP contribution in [0.15, 0.2) is 5.16 Å². The summed E-state index contributed by atoms with van der Waals surface area (Å²) in [4.78, 5) is 25.7. The average Bonchev–Trinajstić information content (AvgIpc) is 3.14. The molecule has 0 saturated carbocycles. The molecule has 2 aromatic rings. The number of hydrogen-bond donors (Lipinski definition) is 1. The fourth-order valence-corrected chi connectivity index (χ4v) is 4.44. The number of carbonyl (C=O) groups excluding carboxylic acids is 2. The Balaban J connectivity index is 2.08. The summed E-state index contributed by atoms with van der Waals surface area (Å²) >= 11 is 2.74. The second kappa shape index (κ2) is 9.89. The van der Waals surface area contributed by atoms with Crippen molar-refractivity contribution in [2.24, 2.45) is 0 Å². The molecule has 0 radical (unpaired) electrons. The molecule has 0 fully saturated rings. The maximum atomic E-state index is 12.4. The minimum Gasteiger partial charge on any atom is -0.462 e. The van der Waals surface area contributed by atoms with E-state index in [4.69, 9.17) is 4.74 Å². The van der Waals surface area contributed by atoms with E-state index < -0.39 is 5.97 Å². The normalized spacial score (nSPS) is 10.9. The highest BCUT2D eigenvalue weighted by atomic mass is 32.2. The van der Waals surface area contributed by atoms with Crippen LogP contribution in [0.2, 0.25) is 0 Å². The van der Waals surface area contributed by atoms with Gasteiger partial charge in [0.1, 0.15) is 10.8 Å². The smallest absolute Gasteiger partial charge is 0.341 e. The molecule has 7 nitrogen and oxygen atoms in total. The lowest BCUT2D eigenvalue weighted by atomic mass is 10.1. The van der Waals surface area contributed by atoms with E-state index in [-0.39, 0.29) is 11.7 Å². The molecule has 0 bridgehead atoms. The Morgan fingerprint density at radius 3 is 2.59 bits per heavy atom. The number of hydrogen-bond acceptors (Lipinski definition) is 7. The zero-order chi connectivity index (χ0) is 20.0. The molecule has 1 N–H and O–H groups in total. The van der Waals surface area contributed by atoms with Crippen LogP contribution in [0, 0.1) is 13.8 Å². The summed E-state index contributed by atoms with van der Waals surface area (Å²) in [6.07, 6.45) is 1.78. The molecule has 0 spiro atoms. The fraction of sp³-hybridized carbons (Fsp3) is 0.556. The molecule has 0 atom stereocenters. The number of ether oxygens (including phenoxy) is 1. The van der Waals surface area contributed by atoms with Crippen LogP contribution in [-0.4, -0.2) is 39.0 Å². The van der Waals surface area contributed by atoms with Crippen molar-refractivity contribution in [2.75, 3.05) is 17.7 Å². The minimum absolute atomic E-state index is 0.184. The first-order valence-corrected chi connectivity index (χ1v) is 10.8. The van der Waals surface area contributed by atoms with Gasteiger partial charge in [0.2, 0.25) is 5.91 Å². The summed E-state index contributed by atoms with van der Waals surface area (Å²) in [5.41, 5.74) is 1.29. The first-order valence-electron chi connectivity index (χ1n) is 9.04. The van der Waals surface area contributed by atoms with Crippen LogP contribution in [0.4, 0.5) is 5.00 Å². The standard InChI is InChI=1S/C18H26N4O3S2/c1-6-9-22-13(7-2)20-21-18(22)26-10-14(23)19-16-15(17(24)25-8-3)11(4)12(5)27-16/h6-10H2,1-5H3,(H,19,23). The van der Waals surface area contributed by atoms with E-state index in [1.165, 1.54) is 23.1 Å². The van der Waals surface area contributed by atoms with Gasteiger partial charge in [0.25, 0.3) is 0 Å². The average molecular weight is 411 g/mol. The number of esters is 1. The second-order valence-corrected chi connectivity index (χ2v) is 8.12. The number of amides is 1. The van der Waals surface area contributed by atoms with Gasteiger partial charge in [0.15, 0.2) is 5.16 Å². The van der Waals surface area contributed by atoms with Crippen molar-refractivity contribution < 1.29 is 14.3 Å². The Labute approximate surface area is 167 Å². The molecule has 2 heterocycles. The number of nitrogens with zero attached hydrogens (tertiary/aromatic N) is 3. The molecular formula is C18H26N4O3S2. The van der Waals surface area contributed by atoms with Crippen LogP contribution in [0.5, 0.6) is 0 Å². The van der Waals surface area contributed by atoms with Crippen LogP contribution in [0.25, 0.3) is 0 Å². The van der Waals surface area contributed by atoms with Crippen molar-refractivity contribution in [2.45, 2.75) is 59.2 Å². The SMILES string of the molecule is CCCn1c(CC)nnc1SCC(=O)Nc1sc(C)c(C)c1C(=O)OCC. The molecule has 0 saturated heterocycles. The largest absolute Gasteiger partial charge is 0.462 e. The topological polar surface area (TPSA) is 86.1 Å². The van der Waals surface area contributed by atoms with E-state index in [0.29, 0.717) is 17.2 Å². The third kappa shape index (κ3) is 5.10. The summed E-state index contributed by atoms with van der Waals surface area (Å²) in [6, 6.07) is 0. The summed E-state index contributed by atoms with van der Waals surface area (Å²) < 4.78 is 7.18. The summed E-state index contributed by atoms with van der Waals surface area (Å²) in [6.45, 7) is 10.8. The Morgan fingerprint density at radius 1 is 1.22 bits per heavy atom. The van der Waals surface area contributed by atoms with Crippen molar-refractivity contribution in [3.05, 3.63) is 21.8 Å². The number of carbonyl (C=O) groups is 2. The Morgan fingerprint density at radius 2 is 1.96 bits per heavy atom. The van der Waals surface area contributed by atoms with Crippen molar-refractivity contribution in [3.8, 4) is 0 Å². The van der Waals surface area contributed by atoms with Crippen LogP contribution in [0.3, 0.4) is 0 Å². The Kier molecular flexibility index (Phi) is 7.85. The lowest BCUT2D eigenvalue weighted by Gasteiger charge is -2.08. The van der Waals surface area contributed by atoms with E-state index in [2.05, 4.69) is 27.0 Å². The monoisotopic (exact) mass is 410 g/mol. The van der Waals surface area contributed by atoms with Crippen LogP contribution in [-0.2, 0) is 22.5 Å². The number of aryl methyl sites for hydroxylation is 2. The molecule has 27 heavy (non-hydrogen) atoms. The number of thioether (sulfide) groups is 1. The molecule has 0 aliphatic rings. The first-order chi connectivity index (χ1) is 12.9. The third-order valence-corrected chi connectivity index (χ3v) is 6.10. The van der Waals surface area contributed by atoms with E-state index >= 15 is 0 Å². The predicted octanol–water partition coefficient (Wildman–Crippen LogP) is 3.84. The van der Waals surface area contributed by atoms with Crippen LogP contribution >= 0.6 is 23.1 Å². The van der Waals surface area contributed by atoms with Gasteiger partial charge in [0, 0.05) is 17.8 Å². The highest BCUT2D eigenvalue weighted by molar-refractivity contribution is 7.99. The molecule has 9 heteroatoms. The first kappa shape index (κ1) is 21.4. The fourth-order valence-electron chi connectivity index (χ4n) is 2.59. The highest BCUT2D eigenvalue weighted by Crippen LogP contribution is 2.33. The van der Waals surface area contributed by atoms with E-state index in [1.807, 2.05) is 20.8 Å². The number of rotatable bonds is 9. The lowest BCUT2D eigenvalue weighted by molar-refractivity contribution is -0.113. The summed E-state index contributed by atoms with van der Waals surface area (Å²) in [7, 11) is 0. The molecule has 148 valence electrons. The zero-order valence-electron chi connectivity index (χ0n) is 16.4. The predicted molar refractivity (Wildman–Crippen MR) is 109 cm³/mol. The maximum Gasteiger partial charge on any atom is 0.341 e. The Hall–Kier alpha value is -1.87. The number of thiophene rings is 1. The second-order valence-electron chi connectivity index (χ2n) is 5.95. The third-order valence-electron chi connectivity index (χ3n) is 4.01.